The monoisotopic (exact) mass is 141 g/mol. The van der Waals surface area contributed by atoms with Crippen molar-refractivity contribution in [1.29, 1.82) is 0 Å². The molecule has 0 bridgehead atoms. The van der Waals surface area contributed by atoms with Crippen LogP contribution in [-0.4, -0.2) is 23.5 Å². The Morgan fingerprint density at radius 3 is 2.40 bits per heavy atom. The Hall–Kier alpha value is -0.0400. The Labute approximate surface area is 64.4 Å². The summed E-state index contributed by atoms with van der Waals surface area (Å²) >= 11 is 0. The van der Waals surface area contributed by atoms with Crippen LogP contribution in [0.3, 0.4) is 0 Å². The quantitative estimate of drug-likeness (QED) is 0.500. The Kier molecular flexibility index (Phi) is 2.04. The Bertz CT molecular complexity index is 118. The molecule has 1 aliphatic heterocycles. The van der Waals surface area contributed by atoms with Crippen LogP contribution < -0.4 is 0 Å². The van der Waals surface area contributed by atoms with Crippen LogP contribution in [0.15, 0.2) is 0 Å². The van der Waals surface area contributed by atoms with Gasteiger partial charge in [0.1, 0.15) is 0 Å². The summed E-state index contributed by atoms with van der Waals surface area (Å²) in [5.41, 5.74) is 0.442. The topological polar surface area (TPSA) is 3.24 Å². The predicted octanol–water partition coefficient (Wildman–Crippen LogP) is 2.27. The molecule has 0 amide bonds. The molecule has 0 N–H and O–H groups in total. The average Bonchev–Trinajstić information content (AvgIpc) is 1.83. The summed E-state index contributed by atoms with van der Waals surface area (Å²) in [6.45, 7) is 6.99. The molecule has 0 radical (unpaired) electrons. The van der Waals surface area contributed by atoms with Gasteiger partial charge in [-0.3, -0.25) is 4.90 Å². The van der Waals surface area contributed by atoms with Crippen LogP contribution >= 0.6 is 0 Å². The van der Waals surface area contributed by atoms with Gasteiger partial charge >= 0.3 is 0 Å². The fourth-order valence-electron chi connectivity index (χ4n) is 1.80. The lowest BCUT2D eigenvalue weighted by Gasteiger charge is -2.44. The molecule has 60 valence electrons. The molecule has 1 fully saturated rings. The molecular formula is C9H19N. The first kappa shape index (κ1) is 8.06. The largest absolute Gasteiger partial charge is 0.299 e. The number of rotatable bonds is 0. The van der Waals surface area contributed by atoms with Crippen molar-refractivity contribution in [2.45, 2.75) is 51.6 Å². The van der Waals surface area contributed by atoms with Crippen molar-refractivity contribution >= 4 is 0 Å². The highest BCUT2D eigenvalue weighted by Crippen LogP contribution is 2.29. The lowest BCUT2D eigenvalue weighted by Crippen LogP contribution is -2.49. The van der Waals surface area contributed by atoms with Crippen molar-refractivity contribution in [3.05, 3.63) is 0 Å². The minimum atomic E-state index is 0.442. The van der Waals surface area contributed by atoms with E-state index in [1.807, 2.05) is 0 Å². The van der Waals surface area contributed by atoms with Crippen LogP contribution in [0.1, 0.15) is 40.0 Å². The molecule has 1 rings (SSSR count). The van der Waals surface area contributed by atoms with E-state index in [1.54, 1.807) is 0 Å². The van der Waals surface area contributed by atoms with Gasteiger partial charge in [0.25, 0.3) is 0 Å². The van der Waals surface area contributed by atoms with E-state index in [0.717, 1.165) is 6.04 Å². The number of likely N-dealkylation sites (tertiary alicyclic amines) is 1. The van der Waals surface area contributed by atoms with Crippen LogP contribution in [0.2, 0.25) is 0 Å². The third-order valence-corrected chi connectivity index (χ3v) is 3.03. The van der Waals surface area contributed by atoms with Crippen LogP contribution in [-0.2, 0) is 0 Å². The van der Waals surface area contributed by atoms with Gasteiger partial charge in [0.05, 0.1) is 0 Å². The smallest absolute Gasteiger partial charge is 0.0153 e. The van der Waals surface area contributed by atoms with Gasteiger partial charge in [-0.15, -0.1) is 0 Å². The summed E-state index contributed by atoms with van der Waals surface area (Å²) in [5.74, 6) is 0. The molecule has 1 unspecified atom stereocenters. The van der Waals surface area contributed by atoms with E-state index >= 15 is 0 Å². The molecule has 10 heavy (non-hydrogen) atoms. The Morgan fingerprint density at radius 2 is 2.00 bits per heavy atom. The van der Waals surface area contributed by atoms with Gasteiger partial charge in [0, 0.05) is 11.6 Å². The van der Waals surface area contributed by atoms with Gasteiger partial charge in [-0.05, 0) is 40.7 Å². The summed E-state index contributed by atoms with van der Waals surface area (Å²) in [7, 11) is 2.24. The maximum Gasteiger partial charge on any atom is 0.0153 e. The molecule has 0 saturated carbocycles. The molecule has 1 atom stereocenters. The summed E-state index contributed by atoms with van der Waals surface area (Å²) in [6, 6.07) is 0.781. The number of hydrogen-bond donors (Lipinski definition) is 0. The summed E-state index contributed by atoms with van der Waals surface area (Å²) in [4.78, 5) is 2.50. The van der Waals surface area contributed by atoms with Crippen molar-refractivity contribution in [3.63, 3.8) is 0 Å². The molecule has 0 aromatic rings. The summed E-state index contributed by atoms with van der Waals surface area (Å²) in [6.07, 6.45) is 4.13. The Balaban J connectivity index is 2.60. The van der Waals surface area contributed by atoms with Crippen molar-refractivity contribution in [2.75, 3.05) is 7.05 Å². The van der Waals surface area contributed by atoms with E-state index < -0.39 is 0 Å². The minimum Gasteiger partial charge on any atom is -0.299 e. The number of hydrogen-bond acceptors (Lipinski definition) is 1. The van der Waals surface area contributed by atoms with E-state index in [4.69, 9.17) is 0 Å². The van der Waals surface area contributed by atoms with Gasteiger partial charge in [-0.2, -0.15) is 0 Å². The lowest BCUT2D eigenvalue weighted by atomic mass is 9.88. The highest BCUT2D eigenvalue weighted by molar-refractivity contribution is 4.86. The third kappa shape index (κ3) is 1.34. The SMILES string of the molecule is CC1CCCC(C)(C)N1C. The van der Waals surface area contributed by atoms with Gasteiger partial charge in [0.2, 0.25) is 0 Å². The van der Waals surface area contributed by atoms with E-state index in [-0.39, 0.29) is 0 Å². The lowest BCUT2D eigenvalue weighted by molar-refractivity contribution is 0.0598. The van der Waals surface area contributed by atoms with E-state index in [9.17, 15) is 0 Å². The number of nitrogens with zero attached hydrogens (tertiary/aromatic N) is 1. The molecule has 1 nitrogen and oxygen atoms in total. The standard InChI is InChI=1S/C9H19N/c1-8-6-5-7-9(2,3)10(8)4/h8H,5-7H2,1-4H3. The first-order valence-corrected chi connectivity index (χ1v) is 4.27. The van der Waals surface area contributed by atoms with E-state index in [1.165, 1.54) is 19.3 Å². The molecule has 1 heterocycles. The number of piperidine rings is 1. The van der Waals surface area contributed by atoms with E-state index in [2.05, 4.69) is 32.7 Å². The molecule has 1 saturated heterocycles. The molecule has 0 spiro atoms. The van der Waals surface area contributed by atoms with Crippen molar-refractivity contribution in [2.24, 2.45) is 0 Å². The first-order chi connectivity index (χ1) is 4.54. The van der Waals surface area contributed by atoms with Crippen molar-refractivity contribution in [1.82, 2.24) is 4.90 Å². The van der Waals surface area contributed by atoms with Crippen molar-refractivity contribution < 1.29 is 0 Å². The van der Waals surface area contributed by atoms with Gasteiger partial charge in [-0.25, -0.2) is 0 Å². The third-order valence-electron chi connectivity index (χ3n) is 3.03. The van der Waals surface area contributed by atoms with Crippen molar-refractivity contribution in [3.8, 4) is 0 Å². The molecule has 0 aliphatic carbocycles. The zero-order valence-corrected chi connectivity index (χ0v) is 7.65. The molecule has 1 heteroatoms. The van der Waals surface area contributed by atoms with Gasteiger partial charge < -0.3 is 0 Å². The second kappa shape index (κ2) is 2.54. The predicted molar refractivity (Wildman–Crippen MR) is 45.2 cm³/mol. The van der Waals surface area contributed by atoms with E-state index in [0.29, 0.717) is 5.54 Å². The zero-order valence-electron chi connectivity index (χ0n) is 7.65. The highest BCUT2D eigenvalue weighted by atomic mass is 15.2. The summed E-state index contributed by atoms with van der Waals surface area (Å²) in [5, 5.41) is 0. The average molecular weight is 141 g/mol. The molecule has 0 aromatic heterocycles. The van der Waals surface area contributed by atoms with Crippen LogP contribution in [0.4, 0.5) is 0 Å². The fourth-order valence-corrected chi connectivity index (χ4v) is 1.80. The summed E-state index contributed by atoms with van der Waals surface area (Å²) < 4.78 is 0. The maximum atomic E-state index is 2.50. The second-order valence-electron chi connectivity index (χ2n) is 4.16. The van der Waals surface area contributed by atoms with Crippen LogP contribution in [0.5, 0.6) is 0 Å². The minimum absolute atomic E-state index is 0.442. The second-order valence-corrected chi connectivity index (χ2v) is 4.16. The fraction of sp³-hybridized carbons (Fsp3) is 1.00. The Morgan fingerprint density at radius 1 is 1.40 bits per heavy atom. The van der Waals surface area contributed by atoms with Gasteiger partial charge in [-0.1, -0.05) is 6.42 Å². The van der Waals surface area contributed by atoms with Crippen LogP contribution in [0, 0.1) is 0 Å². The highest BCUT2D eigenvalue weighted by Gasteiger charge is 2.30. The maximum absolute atomic E-state index is 2.50. The molecule has 0 aromatic carbocycles. The first-order valence-electron chi connectivity index (χ1n) is 4.27. The normalized spacial score (nSPS) is 34.2. The zero-order chi connectivity index (χ0) is 7.78. The van der Waals surface area contributed by atoms with Crippen LogP contribution in [0.25, 0.3) is 0 Å². The molecule has 1 aliphatic rings. The molecular weight excluding hydrogens is 122 g/mol. The van der Waals surface area contributed by atoms with Gasteiger partial charge in [0.15, 0.2) is 0 Å².